The molecule has 1 rings (SSSR count). The summed E-state index contributed by atoms with van der Waals surface area (Å²) in [6, 6.07) is 9.31. The van der Waals surface area contributed by atoms with Crippen molar-refractivity contribution in [1.29, 1.82) is 0 Å². The Balaban J connectivity index is 2.36. The van der Waals surface area contributed by atoms with Gasteiger partial charge in [-0.25, -0.2) is 4.79 Å². The van der Waals surface area contributed by atoms with Gasteiger partial charge in [0.25, 0.3) is 0 Å². The number of carbonyl (C=O) groups is 1. The smallest absolute Gasteiger partial charge is 0.410 e. The Kier molecular flexibility index (Phi) is 4.28. The standard InChI is InChI=1S/C11H16N2O3/c1-11(15,12-2)13-10(14)16-8-9-6-4-3-5-7-9/h3-7,12,15H,8H2,1-2H3,(H,13,14). The summed E-state index contributed by atoms with van der Waals surface area (Å²) in [5.74, 6) is -1.46. The Morgan fingerprint density at radius 2 is 2.06 bits per heavy atom. The van der Waals surface area contributed by atoms with Crippen LogP contribution < -0.4 is 10.6 Å². The van der Waals surface area contributed by atoms with E-state index >= 15 is 0 Å². The van der Waals surface area contributed by atoms with Gasteiger partial charge in [0.15, 0.2) is 5.85 Å². The minimum Gasteiger partial charge on any atom is -0.445 e. The number of amides is 1. The molecule has 0 saturated carbocycles. The maximum Gasteiger partial charge on any atom is 0.410 e. The zero-order valence-corrected chi connectivity index (χ0v) is 9.36. The molecule has 1 aromatic rings. The molecule has 0 spiro atoms. The van der Waals surface area contributed by atoms with Crippen molar-refractivity contribution in [2.24, 2.45) is 0 Å². The van der Waals surface area contributed by atoms with Crippen molar-refractivity contribution in [1.82, 2.24) is 10.6 Å². The number of aliphatic hydroxyl groups is 1. The molecule has 1 aromatic carbocycles. The van der Waals surface area contributed by atoms with Gasteiger partial charge < -0.3 is 9.84 Å². The molecule has 0 bridgehead atoms. The van der Waals surface area contributed by atoms with E-state index in [9.17, 15) is 9.90 Å². The first-order valence-corrected chi connectivity index (χ1v) is 4.93. The van der Waals surface area contributed by atoms with Crippen molar-refractivity contribution in [3.05, 3.63) is 35.9 Å². The van der Waals surface area contributed by atoms with Crippen LogP contribution in [0.25, 0.3) is 0 Å². The molecule has 3 N–H and O–H groups in total. The van der Waals surface area contributed by atoms with Gasteiger partial charge in [0.1, 0.15) is 6.61 Å². The summed E-state index contributed by atoms with van der Waals surface area (Å²) in [4.78, 5) is 11.3. The summed E-state index contributed by atoms with van der Waals surface area (Å²) in [5, 5.41) is 14.2. The second kappa shape index (κ2) is 5.48. The lowest BCUT2D eigenvalue weighted by Gasteiger charge is -2.23. The Labute approximate surface area is 94.4 Å². The fourth-order valence-corrected chi connectivity index (χ4v) is 1.02. The number of benzene rings is 1. The first-order valence-electron chi connectivity index (χ1n) is 4.93. The van der Waals surface area contributed by atoms with Crippen molar-refractivity contribution in [3.63, 3.8) is 0 Å². The molecule has 1 atom stereocenters. The van der Waals surface area contributed by atoms with Crippen LogP contribution in [0.5, 0.6) is 0 Å². The summed E-state index contributed by atoms with van der Waals surface area (Å²) < 4.78 is 4.92. The monoisotopic (exact) mass is 224 g/mol. The van der Waals surface area contributed by atoms with Gasteiger partial charge in [-0.3, -0.25) is 10.6 Å². The number of ether oxygens (including phenoxy) is 1. The van der Waals surface area contributed by atoms with E-state index in [2.05, 4.69) is 10.6 Å². The number of hydrogen-bond donors (Lipinski definition) is 3. The molecule has 0 aliphatic rings. The minimum absolute atomic E-state index is 0.173. The molecule has 0 aromatic heterocycles. The van der Waals surface area contributed by atoms with Gasteiger partial charge in [0, 0.05) is 0 Å². The van der Waals surface area contributed by atoms with E-state index in [-0.39, 0.29) is 6.61 Å². The van der Waals surface area contributed by atoms with Crippen molar-refractivity contribution >= 4 is 6.09 Å². The van der Waals surface area contributed by atoms with Crippen molar-refractivity contribution < 1.29 is 14.6 Å². The number of nitrogens with one attached hydrogen (secondary N) is 2. The van der Waals surface area contributed by atoms with Gasteiger partial charge in [0.05, 0.1) is 0 Å². The number of alkyl carbamates (subject to hydrolysis) is 1. The maximum atomic E-state index is 11.3. The summed E-state index contributed by atoms with van der Waals surface area (Å²) in [6.07, 6.45) is -0.678. The first-order chi connectivity index (χ1) is 7.53. The summed E-state index contributed by atoms with van der Waals surface area (Å²) in [6.45, 7) is 1.59. The zero-order valence-electron chi connectivity index (χ0n) is 9.36. The Bertz CT molecular complexity index is 338. The fourth-order valence-electron chi connectivity index (χ4n) is 1.02. The van der Waals surface area contributed by atoms with E-state index in [1.807, 2.05) is 30.3 Å². The Morgan fingerprint density at radius 1 is 1.44 bits per heavy atom. The van der Waals surface area contributed by atoms with Crippen LogP contribution in [0.2, 0.25) is 0 Å². The predicted molar refractivity (Wildman–Crippen MR) is 59.4 cm³/mol. The third-order valence-corrected chi connectivity index (χ3v) is 2.05. The van der Waals surface area contributed by atoms with Crippen LogP contribution in [-0.2, 0) is 11.3 Å². The molecular formula is C11H16N2O3. The van der Waals surface area contributed by atoms with Gasteiger partial charge in [0.2, 0.25) is 0 Å². The van der Waals surface area contributed by atoms with Gasteiger partial charge in [-0.05, 0) is 19.5 Å². The van der Waals surface area contributed by atoms with E-state index in [1.165, 1.54) is 14.0 Å². The van der Waals surface area contributed by atoms with Gasteiger partial charge in [-0.1, -0.05) is 30.3 Å². The van der Waals surface area contributed by atoms with Crippen molar-refractivity contribution in [2.45, 2.75) is 19.4 Å². The molecule has 0 heterocycles. The SMILES string of the molecule is CNC(C)(O)NC(=O)OCc1ccccc1. The number of rotatable bonds is 4. The normalized spacial score (nSPS) is 13.9. The van der Waals surface area contributed by atoms with Gasteiger partial charge in [-0.2, -0.15) is 0 Å². The highest BCUT2D eigenvalue weighted by molar-refractivity contribution is 5.67. The first kappa shape index (κ1) is 12.5. The second-order valence-corrected chi connectivity index (χ2v) is 3.51. The summed E-state index contributed by atoms with van der Waals surface area (Å²) in [7, 11) is 1.53. The maximum absolute atomic E-state index is 11.3. The third-order valence-electron chi connectivity index (χ3n) is 2.05. The molecule has 0 radical (unpaired) electrons. The van der Waals surface area contributed by atoms with Crippen LogP contribution >= 0.6 is 0 Å². The number of hydrogen-bond acceptors (Lipinski definition) is 4. The molecule has 5 heteroatoms. The van der Waals surface area contributed by atoms with E-state index in [0.717, 1.165) is 5.56 Å². The fraction of sp³-hybridized carbons (Fsp3) is 0.364. The molecule has 88 valence electrons. The Hall–Kier alpha value is -1.59. The minimum atomic E-state index is -1.46. The van der Waals surface area contributed by atoms with Crippen LogP contribution in [0, 0.1) is 0 Å². The molecule has 1 amide bonds. The highest BCUT2D eigenvalue weighted by atomic mass is 16.6. The molecular weight excluding hydrogens is 208 g/mol. The number of carbonyl (C=O) groups excluding carboxylic acids is 1. The topological polar surface area (TPSA) is 70.6 Å². The van der Waals surface area contributed by atoms with Crippen molar-refractivity contribution in [3.8, 4) is 0 Å². The highest BCUT2D eigenvalue weighted by Crippen LogP contribution is 2.01. The highest BCUT2D eigenvalue weighted by Gasteiger charge is 2.20. The van der Waals surface area contributed by atoms with Crippen LogP contribution in [-0.4, -0.2) is 24.1 Å². The lowest BCUT2D eigenvalue weighted by molar-refractivity contribution is -0.00416. The third kappa shape index (κ3) is 4.29. The molecule has 1 unspecified atom stereocenters. The van der Waals surface area contributed by atoms with Crippen LogP contribution in [0.1, 0.15) is 12.5 Å². The molecule has 0 aliphatic heterocycles. The van der Waals surface area contributed by atoms with E-state index in [0.29, 0.717) is 0 Å². The van der Waals surface area contributed by atoms with E-state index in [4.69, 9.17) is 4.74 Å². The average molecular weight is 224 g/mol. The molecule has 0 fully saturated rings. The van der Waals surface area contributed by atoms with Crippen LogP contribution in [0.15, 0.2) is 30.3 Å². The van der Waals surface area contributed by atoms with Gasteiger partial charge in [-0.15, -0.1) is 0 Å². The molecule has 16 heavy (non-hydrogen) atoms. The lowest BCUT2D eigenvalue weighted by atomic mass is 10.2. The molecule has 0 saturated heterocycles. The quantitative estimate of drug-likeness (QED) is 0.661. The molecule has 0 aliphatic carbocycles. The van der Waals surface area contributed by atoms with Crippen LogP contribution in [0.4, 0.5) is 4.79 Å². The summed E-state index contributed by atoms with van der Waals surface area (Å²) >= 11 is 0. The largest absolute Gasteiger partial charge is 0.445 e. The predicted octanol–water partition coefficient (Wildman–Crippen LogP) is 0.798. The summed E-state index contributed by atoms with van der Waals surface area (Å²) in [5.41, 5.74) is 0.891. The van der Waals surface area contributed by atoms with E-state index in [1.54, 1.807) is 0 Å². The molecule has 5 nitrogen and oxygen atoms in total. The van der Waals surface area contributed by atoms with Crippen molar-refractivity contribution in [2.75, 3.05) is 7.05 Å². The Morgan fingerprint density at radius 3 is 2.62 bits per heavy atom. The van der Waals surface area contributed by atoms with Crippen LogP contribution in [0.3, 0.4) is 0 Å². The lowest BCUT2D eigenvalue weighted by Crippen LogP contribution is -2.55. The second-order valence-electron chi connectivity index (χ2n) is 3.51. The zero-order chi connectivity index (χ0) is 12.0. The van der Waals surface area contributed by atoms with Gasteiger partial charge >= 0.3 is 6.09 Å². The average Bonchev–Trinajstić information content (AvgIpc) is 2.27. The van der Waals surface area contributed by atoms with E-state index < -0.39 is 11.9 Å².